The molecule has 1 aromatic carbocycles. The summed E-state index contributed by atoms with van der Waals surface area (Å²) in [5, 5.41) is 3.39. The van der Waals surface area contributed by atoms with Gasteiger partial charge in [0.15, 0.2) is 0 Å². The molecule has 2 heterocycles. The zero-order chi connectivity index (χ0) is 16.8. The third-order valence-corrected chi connectivity index (χ3v) is 4.46. The van der Waals surface area contributed by atoms with Gasteiger partial charge in [-0.15, -0.1) is 0 Å². The van der Waals surface area contributed by atoms with Gasteiger partial charge >= 0.3 is 0 Å². The summed E-state index contributed by atoms with van der Waals surface area (Å²) in [6.45, 7) is 1.95. The zero-order valence-corrected chi connectivity index (χ0v) is 13.6. The van der Waals surface area contributed by atoms with Gasteiger partial charge in [-0.1, -0.05) is 24.3 Å². The number of halogens is 1. The van der Waals surface area contributed by atoms with Gasteiger partial charge in [0.25, 0.3) is 0 Å². The Hall–Kier alpha value is -2.27. The molecule has 0 bridgehead atoms. The van der Waals surface area contributed by atoms with E-state index in [1.807, 2.05) is 29.3 Å². The molecule has 1 fully saturated rings. The Balaban J connectivity index is 1.51. The summed E-state index contributed by atoms with van der Waals surface area (Å²) >= 11 is 0. The van der Waals surface area contributed by atoms with E-state index in [1.54, 1.807) is 18.3 Å². The molecule has 4 nitrogen and oxygen atoms in total. The summed E-state index contributed by atoms with van der Waals surface area (Å²) in [6, 6.07) is 10.8. The maximum absolute atomic E-state index is 13.8. The second-order valence-electron chi connectivity index (χ2n) is 6.13. The van der Waals surface area contributed by atoms with Crippen molar-refractivity contribution in [3.8, 4) is 0 Å². The molecule has 1 amide bonds. The van der Waals surface area contributed by atoms with E-state index in [2.05, 4.69) is 10.3 Å². The van der Waals surface area contributed by atoms with Crippen LogP contribution in [-0.2, 0) is 17.9 Å². The number of nitrogens with one attached hydrogen (secondary N) is 1. The molecule has 0 aliphatic carbocycles. The van der Waals surface area contributed by atoms with Crippen molar-refractivity contribution in [2.75, 3.05) is 6.54 Å². The highest BCUT2D eigenvalue weighted by Crippen LogP contribution is 2.24. The van der Waals surface area contributed by atoms with E-state index >= 15 is 0 Å². The van der Waals surface area contributed by atoms with Crippen molar-refractivity contribution in [3.63, 3.8) is 0 Å². The molecule has 0 radical (unpaired) electrons. The number of pyridine rings is 1. The number of carbonyl (C=O) groups is 1. The minimum Gasteiger partial charge on any atom is -0.335 e. The van der Waals surface area contributed by atoms with Gasteiger partial charge in [-0.3, -0.25) is 9.78 Å². The molecule has 1 saturated heterocycles. The van der Waals surface area contributed by atoms with Crippen LogP contribution in [0.1, 0.15) is 30.4 Å². The van der Waals surface area contributed by atoms with Crippen LogP contribution in [0.2, 0.25) is 0 Å². The number of likely N-dealkylation sites (tertiary alicyclic amines) is 1. The number of hydrogen-bond donors (Lipinski definition) is 1. The first-order chi connectivity index (χ1) is 11.7. The largest absolute Gasteiger partial charge is 0.335 e. The van der Waals surface area contributed by atoms with Gasteiger partial charge in [0.2, 0.25) is 5.91 Å². The van der Waals surface area contributed by atoms with Gasteiger partial charge < -0.3 is 10.2 Å². The second kappa shape index (κ2) is 8.02. The van der Waals surface area contributed by atoms with Crippen LogP contribution < -0.4 is 5.32 Å². The number of rotatable bonds is 7. The lowest BCUT2D eigenvalue weighted by Crippen LogP contribution is -2.34. The molecule has 3 rings (SSSR count). The summed E-state index contributed by atoms with van der Waals surface area (Å²) in [5.41, 5.74) is 1.73. The van der Waals surface area contributed by atoms with Crippen LogP contribution in [-0.4, -0.2) is 28.4 Å². The second-order valence-corrected chi connectivity index (χ2v) is 6.13. The summed E-state index contributed by atoms with van der Waals surface area (Å²) in [6.07, 6.45) is 5.88. The van der Waals surface area contributed by atoms with Gasteiger partial charge in [0.1, 0.15) is 5.82 Å². The Morgan fingerprint density at radius 3 is 2.92 bits per heavy atom. The first-order valence-corrected chi connectivity index (χ1v) is 8.36. The smallest absolute Gasteiger partial charge is 0.223 e. The SMILES string of the molecule is O=C1CC[C@@H](CCNCc2cccnc2)N1Cc1ccccc1F. The fraction of sp³-hybridized carbons (Fsp3) is 0.368. The number of carbonyl (C=O) groups excluding carboxylic acids is 1. The lowest BCUT2D eigenvalue weighted by molar-refractivity contribution is -0.129. The van der Waals surface area contributed by atoms with Crippen LogP contribution in [0.25, 0.3) is 0 Å². The molecule has 0 unspecified atom stereocenters. The highest BCUT2D eigenvalue weighted by molar-refractivity contribution is 5.78. The standard InChI is InChI=1S/C19H22FN3O/c20-18-6-2-1-5-16(18)14-23-17(7-8-19(23)24)9-11-22-13-15-4-3-10-21-12-15/h1-6,10,12,17,22H,7-9,11,13-14H2/t17-/m0/s1. The summed E-state index contributed by atoms with van der Waals surface area (Å²) in [5.74, 6) is -0.124. The number of benzene rings is 1. The normalized spacial score (nSPS) is 17.5. The number of aromatic nitrogens is 1. The highest BCUT2D eigenvalue weighted by Gasteiger charge is 2.30. The van der Waals surface area contributed by atoms with Crippen LogP contribution >= 0.6 is 0 Å². The van der Waals surface area contributed by atoms with Crippen molar-refractivity contribution in [1.82, 2.24) is 15.2 Å². The lowest BCUT2D eigenvalue weighted by Gasteiger charge is -2.25. The van der Waals surface area contributed by atoms with Crippen molar-refractivity contribution in [1.29, 1.82) is 0 Å². The van der Waals surface area contributed by atoms with Crippen LogP contribution in [0.5, 0.6) is 0 Å². The van der Waals surface area contributed by atoms with Crippen molar-refractivity contribution < 1.29 is 9.18 Å². The molecule has 2 aromatic rings. The Morgan fingerprint density at radius 2 is 2.12 bits per heavy atom. The van der Waals surface area contributed by atoms with E-state index in [1.165, 1.54) is 6.07 Å². The minimum atomic E-state index is -0.245. The molecule has 1 atom stereocenters. The monoisotopic (exact) mass is 327 g/mol. The highest BCUT2D eigenvalue weighted by atomic mass is 19.1. The Bertz CT molecular complexity index is 677. The topological polar surface area (TPSA) is 45.2 Å². The molecule has 24 heavy (non-hydrogen) atoms. The predicted octanol–water partition coefficient (Wildman–Crippen LogP) is 2.89. The fourth-order valence-corrected chi connectivity index (χ4v) is 3.12. The van der Waals surface area contributed by atoms with E-state index in [0.29, 0.717) is 18.5 Å². The van der Waals surface area contributed by atoms with Crippen molar-refractivity contribution in [3.05, 3.63) is 65.7 Å². The zero-order valence-electron chi connectivity index (χ0n) is 13.6. The molecule has 1 aromatic heterocycles. The van der Waals surface area contributed by atoms with E-state index in [4.69, 9.17) is 0 Å². The minimum absolute atomic E-state index is 0.121. The molecule has 0 spiro atoms. The van der Waals surface area contributed by atoms with Gasteiger partial charge in [-0.25, -0.2) is 4.39 Å². The predicted molar refractivity (Wildman–Crippen MR) is 90.5 cm³/mol. The van der Waals surface area contributed by atoms with Gasteiger partial charge in [0.05, 0.1) is 0 Å². The maximum atomic E-state index is 13.8. The number of nitrogens with zero attached hydrogens (tertiary/aromatic N) is 2. The molecule has 1 aliphatic rings. The van der Waals surface area contributed by atoms with Crippen molar-refractivity contribution >= 4 is 5.91 Å². The molecule has 1 aliphatic heterocycles. The van der Waals surface area contributed by atoms with Crippen molar-refractivity contribution in [2.45, 2.75) is 38.4 Å². The third kappa shape index (κ3) is 4.17. The molecular weight excluding hydrogens is 305 g/mol. The Morgan fingerprint density at radius 1 is 1.25 bits per heavy atom. The van der Waals surface area contributed by atoms with Crippen LogP contribution in [0.15, 0.2) is 48.8 Å². The van der Waals surface area contributed by atoms with Crippen LogP contribution in [0.3, 0.4) is 0 Å². The van der Waals surface area contributed by atoms with Crippen LogP contribution in [0, 0.1) is 5.82 Å². The van der Waals surface area contributed by atoms with Crippen molar-refractivity contribution in [2.24, 2.45) is 0 Å². The van der Waals surface area contributed by atoms with E-state index < -0.39 is 0 Å². The Kier molecular flexibility index (Phi) is 5.54. The van der Waals surface area contributed by atoms with E-state index in [-0.39, 0.29) is 17.8 Å². The Labute approximate surface area is 141 Å². The fourth-order valence-electron chi connectivity index (χ4n) is 3.12. The first kappa shape index (κ1) is 16.6. The summed E-state index contributed by atoms with van der Waals surface area (Å²) < 4.78 is 13.8. The molecule has 126 valence electrons. The molecule has 0 saturated carbocycles. The average molecular weight is 327 g/mol. The maximum Gasteiger partial charge on any atom is 0.223 e. The lowest BCUT2D eigenvalue weighted by atomic mass is 10.1. The number of amides is 1. The van der Waals surface area contributed by atoms with Gasteiger partial charge in [0, 0.05) is 43.5 Å². The third-order valence-electron chi connectivity index (χ3n) is 4.46. The first-order valence-electron chi connectivity index (χ1n) is 8.36. The molecule has 1 N–H and O–H groups in total. The molecule has 5 heteroatoms. The van der Waals surface area contributed by atoms with Gasteiger partial charge in [-0.2, -0.15) is 0 Å². The van der Waals surface area contributed by atoms with Gasteiger partial charge in [-0.05, 0) is 37.1 Å². The van der Waals surface area contributed by atoms with E-state index in [0.717, 1.165) is 31.5 Å². The summed E-state index contributed by atoms with van der Waals surface area (Å²) in [4.78, 5) is 18.0. The summed E-state index contributed by atoms with van der Waals surface area (Å²) in [7, 11) is 0. The number of hydrogen-bond acceptors (Lipinski definition) is 3. The molecular formula is C19H22FN3O. The average Bonchev–Trinajstić information content (AvgIpc) is 2.95. The quantitative estimate of drug-likeness (QED) is 0.795. The van der Waals surface area contributed by atoms with E-state index in [9.17, 15) is 9.18 Å². The van der Waals surface area contributed by atoms with Crippen LogP contribution in [0.4, 0.5) is 4.39 Å².